The Labute approximate surface area is 108 Å². The predicted molar refractivity (Wildman–Crippen MR) is 71.0 cm³/mol. The van der Waals surface area contributed by atoms with Crippen LogP contribution >= 0.6 is 0 Å². The number of ketones is 1. The third-order valence-corrected chi connectivity index (χ3v) is 3.27. The minimum atomic E-state index is 0.365. The Morgan fingerprint density at radius 3 is 2.83 bits per heavy atom. The zero-order valence-corrected chi connectivity index (χ0v) is 11.0. The summed E-state index contributed by atoms with van der Waals surface area (Å²) in [6.07, 6.45) is 4.98. The molecule has 2 rings (SSSR count). The zero-order valence-electron chi connectivity index (χ0n) is 11.0. The molecule has 1 heterocycles. The molecule has 18 heavy (non-hydrogen) atoms. The summed E-state index contributed by atoms with van der Waals surface area (Å²) in [7, 11) is 0. The molecule has 1 aliphatic carbocycles. The largest absolute Gasteiger partial charge is 0.490 e. The van der Waals surface area contributed by atoms with E-state index in [2.05, 4.69) is 10.3 Å². The van der Waals surface area contributed by atoms with Crippen molar-refractivity contribution in [3.8, 4) is 5.75 Å². The lowest BCUT2D eigenvalue weighted by atomic mass is 9.94. The first-order valence-electron chi connectivity index (χ1n) is 6.57. The number of carbonyl (C=O) groups excluding carboxylic acids is 1. The standard InChI is InChI=1S/C14H20N2O2/c1-3-18-14-10(2)15-9-8-13(14)16-11-4-6-12(17)7-5-11/h8-9,11H,3-7H2,1-2H3,(H,15,16). The molecule has 0 saturated heterocycles. The van der Waals surface area contributed by atoms with Crippen LogP contribution in [0.1, 0.15) is 38.3 Å². The van der Waals surface area contributed by atoms with Gasteiger partial charge in [0.15, 0.2) is 5.75 Å². The first-order chi connectivity index (χ1) is 8.70. The van der Waals surface area contributed by atoms with Gasteiger partial charge in [-0.25, -0.2) is 0 Å². The van der Waals surface area contributed by atoms with Crippen molar-refractivity contribution in [1.82, 2.24) is 4.98 Å². The lowest BCUT2D eigenvalue weighted by molar-refractivity contribution is -0.120. The van der Waals surface area contributed by atoms with E-state index >= 15 is 0 Å². The van der Waals surface area contributed by atoms with Gasteiger partial charge in [-0.15, -0.1) is 0 Å². The van der Waals surface area contributed by atoms with Gasteiger partial charge in [-0.3, -0.25) is 9.78 Å². The summed E-state index contributed by atoms with van der Waals surface area (Å²) in [5.41, 5.74) is 1.89. The quantitative estimate of drug-likeness (QED) is 0.890. The number of aromatic nitrogens is 1. The maximum absolute atomic E-state index is 11.2. The fourth-order valence-corrected chi connectivity index (χ4v) is 2.30. The van der Waals surface area contributed by atoms with E-state index in [1.54, 1.807) is 6.20 Å². The second-order valence-corrected chi connectivity index (χ2v) is 4.66. The molecule has 0 atom stereocenters. The number of carbonyl (C=O) groups is 1. The average molecular weight is 248 g/mol. The summed E-state index contributed by atoms with van der Waals surface area (Å²) >= 11 is 0. The number of rotatable bonds is 4. The molecule has 0 spiro atoms. The van der Waals surface area contributed by atoms with Gasteiger partial charge in [0.1, 0.15) is 5.78 Å². The Morgan fingerprint density at radius 1 is 1.44 bits per heavy atom. The molecule has 1 aliphatic rings. The van der Waals surface area contributed by atoms with E-state index in [0.29, 0.717) is 31.3 Å². The van der Waals surface area contributed by atoms with E-state index < -0.39 is 0 Å². The minimum Gasteiger partial charge on any atom is -0.490 e. The lowest BCUT2D eigenvalue weighted by Gasteiger charge is -2.24. The molecular weight excluding hydrogens is 228 g/mol. The molecule has 1 aromatic rings. The van der Waals surface area contributed by atoms with Crippen LogP contribution in [-0.4, -0.2) is 23.4 Å². The van der Waals surface area contributed by atoms with Crippen LogP contribution in [0.4, 0.5) is 5.69 Å². The fourth-order valence-electron chi connectivity index (χ4n) is 2.30. The topological polar surface area (TPSA) is 51.2 Å². The highest BCUT2D eigenvalue weighted by molar-refractivity contribution is 5.79. The Morgan fingerprint density at radius 2 is 2.17 bits per heavy atom. The van der Waals surface area contributed by atoms with Gasteiger partial charge < -0.3 is 10.1 Å². The highest BCUT2D eigenvalue weighted by atomic mass is 16.5. The van der Waals surface area contributed by atoms with Crippen LogP contribution in [0.2, 0.25) is 0 Å². The molecule has 0 amide bonds. The lowest BCUT2D eigenvalue weighted by Crippen LogP contribution is -2.26. The van der Waals surface area contributed by atoms with E-state index in [1.165, 1.54) is 0 Å². The molecule has 4 heteroatoms. The monoisotopic (exact) mass is 248 g/mol. The summed E-state index contributed by atoms with van der Waals surface area (Å²) in [5, 5.41) is 3.48. The van der Waals surface area contributed by atoms with Crippen LogP contribution in [0.3, 0.4) is 0 Å². The van der Waals surface area contributed by atoms with Crippen LogP contribution in [0.25, 0.3) is 0 Å². The van der Waals surface area contributed by atoms with Crippen LogP contribution in [0.5, 0.6) is 5.75 Å². The van der Waals surface area contributed by atoms with Crippen molar-refractivity contribution >= 4 is 11.5 Å². The van der Waals surface area contributed by atoms with Crippen molar-refractivity contribution in [1.29, 1.82) is 0 Å². The number of aryl methyl sites for hydroxylation is 1. The van der Waals surface area contributed by atoms with Gasteiger partial charge >= 0.3 is 0 Å². The predicted octanol–water partition coefficient (Wildman–Crippen LogP) is 2.71. The van der Waals surface area contributed by atoms with Crippen molar-refractivity contribution in [2.75, 3.05) is 11.9 Å². The highest BCUT2D eigenvalue weighted by Gasteiger charge is 2.20. The van der Waals surface area contributed by atoms with Gasteiger partial charge in [0.2, 0.25) is 0 Å². The molecule has 1 fully saturated rings. The van der Waals surface area contributed by atoms with Crippen molar-refractivity contribution < 1.29 is 9.53 Å². The Balaban J connectivity index is 2.08. The van der Waals surface area contributed by atoms with Crippen LogP contribution in [0.15, 0.2) is 12.3 Å². The van der Waals surface area contributed by atoms with E-state index in [0.717, 1.165) is 30.0 Å². The van der Waals surface area contributed by atoms with Gasteiger partial charge in [-0.2, -0.15) is 0 Å². The molecular formula is C14H20N2O2. The first-order valence-corrected chi connectivity index (χ1v) is 6.57. The average Bonchev–Trinajstić information content (AvgIpc) is 2.36. The number of Topliss-reactive ketones (excluding diaryl/α,β-unsaturated/α-hetero) is 1. The number of hydrogen-bond donors (Lipinski definition) is 1. The van der Waals surface area contributed by atoms with Gasteiger partial charge in [-0.05, 0) is 32.8 Å². The number of nitrogens with zero attached hydrogens (tertiary/aromatic N) is 1. The molecule has 4 nitrogen and oxygen atoms in total. The SMILES string of the molecule is CCOc1c(NC2CCC(=O)CC2)ccnc1C. The first kappa shape index (κ1) is 12.9. The summed E-state index contributed by atoms with van der Waals surface area (Å²) in [6, 6.07) is 2.30. The van der Waals surface area contributed by atoms with E-state index in [4.69, 9.17) is 4.74 Å². The molecule has 1 aromatic heterocycles. The summed E-state index contributed by atoms with van der Waals surface area (Å²) in [4.78, 5) is 15.5. The smallest absolute Gasteiger partial charge is 0.163 e. The summed E-state index contributed by atoms with van der Waals surface area (Å²) in [6.45, 7) is 4.54. The molecule has 0 radical (unpaired) electrons. The van der Waals surface area contributed by atoms with Gasteiger partial charge in [0, 0.05) is 25.1 Å². The van der Waals surface area contributed by atoms with Crippen LogP contribution in [-0.2, 0) is 4.79 Å². The Bertz CT molecular complexity index is 422. The second kappa shape index (κ2) is 5.85. The summed E-state index contributed by atoms with van der Waals surface area (Å²) < 4.78 is 5.64. The van der Waals surface area contributed by atoms with Crippen molar-refractivity contribution in [2.45, 2.75) is 45.6 Å². The van der Waals surface area contributed by atoms with Crippen molar-refractivity contribution in [3.05, 3.63) is 18.0 Å². The third kappa shape index (κ3) is 3.00. The number of ether oxygens (including phenoxy) is 1. The maximum Gasteiger partial charge on any atom is 0.163 e. The number of anilines is 1. The maximum atomic E-state index is 11.2. The fraction of sp³-hybridized carbons (Fsp3) is 0.571. The molecule has 0 bridgehead atoms. The molecule has 0 unspecified atom stereocenters. The van der Waals surface area contributed by atoms with Gasteiger partial charge in [0.25, 0.3) is 0 Å². The summed E-state index contributed by atoms with van der Waals surface area (Å²) in [5.74, 6) is 1.21. The van der Waals surface area contributed by atoms with E-state index in [1.807, 2.05) is 19.9 Å². The molecule has 1 saturated carbocycles. The van der Waals surface area contributed by atoms with Crippen LogP contribution < -0.4 is 10.1 Å². The Hall–Kier alpha value is -1.58. The zero-order chi connectivity index (χ0) is 13.0. The number of nitrogens with one attached hydrogen (secondary N) is 1. The van der Waals surface area contributed by atoms with Crippen LogP contribution in [0, 0.1) is 6.92 Å². The van der Waals surface area contributed by atoms with E-state index in [9.17, 15) is 4.79 Å². The third-order valence-electron chi connectivity index (χ3n) is 3.27. The normalized spacial score (nSPS) is 16.7. The molecule has 0 aliphatic heterocycles. The molecule has 0 aromatic carbocycles. The second-order valence-electron chi connectivity index (χ2n) is 4.66. The Kier molecular flexibility index (Phi) is 4.18. The highest BCUT2D eigenvalue weighted by Crippen LogP contribution is 2.29. The van der Waals surface area contributed by atoms with Crippen molar-refractivity contribution in [2.24, 2.45) is 0 Å². The van der Waals surface area contributed by atoms with Gasteiger partial charge in [0.05, 0.1) is 18.0 Å². The number of pyridine rings is 1. The number of hydrogen-bond acceptors (Lipinski definition) is 4. The van der Waals surface area contributed by atoms with Crippen molar-refractivity contribution in [3.63, 3.8) is 0 Å². The van der Waals surface area contributed by atoms with Gasteiger partial charge in [-0.1, -0.05) is 0 Å². The minimum absolute atomic E-state index is 0.365. The van der Waals surface area contributed by atoms with E-state index in [-0.39, 0.29) is 0 Å². The molecule has 1 N–H and O–H groups in total. The molecule has 98 valence electrons.